The zero-order chi connectivity index (χ0) is 24.7. The lowest BCUT2D eigenvalue weighted by molar-refractivity contribution is -0.142. The smallest absolute Gasteiger partial charge is 0.326 e. The third kappa shape index (κ3) is 4.25. The summed E-state index contributed by atoms with van der Waals surface area (Å²) in [5, 5.41) is 16.0. The van der Waals surface area contributed by atoms with Crippen LogP contribution >= 0.6 is 0 Å². The van der Waals surface area contributed by atoms with Gasteiger partial charge in [0.15, 0.2) is 0 Å². The van der Waals surface area contributed by atoms with E-state index in [2.05, 4.69) is 15.6 Å². The Morgan fingerprint density at radius 2 is 1.62 bits per heavy atom. The molecule has 0 spiro atoms. The maximum atomic E-state index is 12.8. The van der Waals surface area contributed by atoms with Crippen molar-refractivity contribution < 1.29 is 19.5 Å². The summed E-state index contributed by atoms with van der Waals surface area (Å²) in [6.07, 6.45) is 1.75. The molecule has 7 heteroatoms. The molecule has 176 valence electrons. The number of aromatic nitrogens is 1. The minimum atomic E-state index is -1.08. The summed E-state index contributed by atoms with van der Waals surface area (Å²) in [7, 11) is 0. The number of nitrogens with zero attached hydrogens (tertiary/aromatic N) is 1. The van der Waals surface area contributed by atoms with Crippen molar-refractivity contribution in [2.45, 2.75) is 40.2 Å². The maximum Gasteiger partial charge on any atom is 0.326 e. The Morgan fingerprint density at radius 3 is 2.24 bits per heavy atom. The molecule has 4 rings (SSSR count). The van der Waals surface area contributed by atoms with Gasteiger partial charge in [-0.05, 0) is 40.7 Å². The number of aliphatic carboxylic acids is 1. The minimum absolute atomic E-state index is 0.151. The van der Waals surface area contributed by atoms with E-state index in [9.17, 15) is 19.5 Å². The zero-order valence-corrected chi connectivity index (χ0v) is 19.8. The summed E-state index contributed by atoms with van der Waals surface area (Å²) in [5.74, 6) is -1.78. The maximum absolute atomic E-state index is 12.8. The topological polar surface area (TPSA) is 108 Å². The molecule has 1 aliphatic rings. The number of nitrogens with one attached hydrogen (secondary N) is 2. The van der Waals surface area contributed by atoms with Gasteiger partial charge in [-0.15, -0.1) is 0 Å². The van der Waals surface area contributed by atoms with Gasteiger partial charge in [0.1, 0.15) is 6.04 Å². The summed E-state index contributed by atoms with van der Waals surface area (Å²) in [5.41, 5.74) is 2.26. The number of pyridine rings is 1. The van der Waals surface area contributed by atoms with Gasteiger partial charge in [-0.3, -0.25) is 14.6 Å². The van der Waals surface area contributed by atoms with E-state index in [-0.39, 0.29) is 35.0 Å². The first-order valence-electron chi connectivity index (χ1n) is 11.3. The van der Waals surface area contributed by atoms with Gasteiger partial charge >= 0.3 is 5.97 Å². The molecule has 0 aliphatic heterocycles. The van der Waals surface area contributed by atoms with Gasteiger partial charge in [0.25, 0.3) is 5.91 Å². The van der Waals surface area contributed by atoms with Crippen LogP contribution in [-0.2, 0) is 16.0 Å². The fourth-order valence-electron chi connectivity index (χ4n) is 4.76. The summed E-state index contributed by atoms with van der Waals surface area (Å²) < 4.78 is 0. The first-order valence-corrected chi connectivity index (χ1v) is 11.3. The second-order valence-electron chi connectivity index (χ2n) is 10.0. The minimum Gasteiger partial charge on any atom is -0.480 e. The van der Waals surface area contributed by atoms with E-state index in [0.29, 0.717) is 11.3 Å². The van der Waals surface area contributed by atoms with Gasteiger partial charge in [0.2, 0.25) is 5.91 Å². The number of fused-ring (bicyclic) bond motifs is 1. The van der Waals surface area contributed by atoms with E-state index in [1.54, 1.807) is 36.5 Å². The van der Waals surface area contributed by atoms with Crippen LogP contribution < -0.4 is 10.6 Å². The number of para-hydroxylation sites is 1. The SMILES string of the molecule is CC1(C)C(C(=O)N[C@@H](Cc2ccc(NC(=O)c3ccnc4ccccc34)cc2)C(=O)O)C1(C)C. The number of hydrogen-bond acceptors (Lipinski definition) is 4. The van der Waals surface area contributed by atoms with Crippen LogP contribution in [-0.4, -0.2) is 33.9 Å². The molecule has 1 heterocycles. The van der Waals surface area contributed by atoms with Crippen molar-refractivity contribution >= 4 is 34.4 Å². The van der Waals surface area contributed by atoms with Crippen molar-refractivity contribution in [3.63, 3.8) is 0 Å². The average Bonchev–Trinajstić information content (AvgIpc) is 3.21. The number of amides is 2. The largest absolute Gasteiger partial charge is 0.480 e. The number of carbonyl (C=O) groups excluding carboxylic acids is 2. The fourth-order valence-corrected chi connectivity index (χ4v) is 4.76. The Morgan fingerprint density at radius 1 is 0.971 bits per heavy atom. The predicted octanol–water partition coefficient (Wildman–Crippen LogP) is 4.28. The lowest BCUT2D eigenvalue weighted by Gasteiger charge is -2.16. The van der Waals surface area contributed by atoms with Gasteiger partial charge in [-0.25, -0.2) is 4.79 Å². The number of rotatable bonds is 7. The normalized spacial score (nSPS) is 17.1. The van der Waals surface area contributed by atoms with Crippen molar-refractivity contribution in [2.75, 3.05) is 5.32 Å². The van der Waals surface area contributed by atoms with Crippen LogP contribution in [0.15, 0.2) is 60.8 Å². The Labute approximate surface area is 198 Å². The predicted molar refractivity (Wildman–Crippen MR) is 130 cm³/mol. The Hall–Kier alpha value is -3.74. The van der Waals surface area contributed by atoms with Crippen LogP contribution in [0, 0.1) is 16.7 Å². The van der Waals surface area contributed by atoms with Crippen LogP contribution in [0.25, 0.3) is 10.9 Å². The summed E-state index contributed by atoms with van der Waals surface area (Å²) in [6.45, 7) is 8.09. The lowest BCUT2D eigenvalue weighted by atomic mass is 10.0. The monoisotopic (exact) mass is 459 g/mol. The van der Waals surface area contributed by atoms with Crippen molar-refractivity contribution in [3.8, 4) is 0 Å². The van der Waals surface area contributed by atoms with E-state index >= 15 is 0 Å². The van der Waals surface area contributed by atoms with E-state index in [4.69, 9.17) is 0 Å². The summed E-state index contributed by atoms with van der Waals surface area (Å²) in [6, 6.07) is 15.1. The Balaban J connectivity index is 1.42. The number of hydrogen-bond donors (Lipinski definition) is 3. The molecular weight excluding hydrogens is 430 g/mol. The molecule has 7 nitrogen and oxygen atoms in total. The van der Waals surface area contributed by atoms with Gasteiger partial charge < -0.3 is 15.7 Å². The highest BCUT2D eigenvalue weighted by Gasteiger charge is 2.68. The van der Waals surface area contributed by atoms with Crippen LogP contribution in [0.3, 0.4) is 0 Å². The number of carboxylic acid groups (broad SMARTS) is 1. The van der Waals surface area contributed by atoms with Crippen LogP contribution in [0.5, 0.6) is 0 Å². The lowest BCUT2D eigenvalue weighted by Crippen LogP contribution is -2.43. The third-order valence-electron chi connectivity index (χ3n) is 7.44. The molecular formula is C27H29N3O4. The van der Waals surface area contributed by atoms with Gasteiger partial charge in [-0.1, -0.05) is 58.0 Å². The van der Waals surface area contributed by atoms with Crippen LogP contribution in [0.1, 0.15) is 43.6 Å². The van der Waals surface area contributed by atoms with E-state index < -0.39 is 12.0 Å². The standard InChI is InChI=1S/C27H29N3O4/c1-26(2)22(27(26,3)4)24(32)30-21(25(33)34)15-16-9-11-17(12-10-16)29-23(31)19-13-14-28-20-8-6-5-7-18(19)20/h5-14,21-22H,15H2,1-4H3,(H,29,31)(H,30,32)(H,33,34)/t21-/m0/s1. The summed E-state index contributed by atoms with van der Waals surface area (Å²) >= 11 is 0. The second kappa shape index (κ2) is 8.56. The van der Waals surface area contributed by atoms with E-state index in [1.807, 2.05) is 52.0 Å². The van der Waals surface area contributed by atoms with E-state index in [1.165, 1.54) is 0 Å². The van der Waals surface area contributed by atoms with Crippen LogP contribution in [0.2, 0.25) is 0 Å². The molecule has 2 aromatic carbocycles. The van der Waals surface area contributed by atoms with Crippen molar-refractivity contribution in [1.29, 1.82) is 0 Å². The molecule has 1 saturated carbocycles. The average molecular weight is 460 g/mol. The second-order valence-corrected chi connectivity index (χ2v) is 10.0. The van der Waals surface area contributed by atoms with Crippen molar-refractivity contribution in [3.05, 3.63) is 71.9 Å². The van der Waals surface area contributed by atoms with E-state index in [0.717, 1.165) is 16.5 Å². The molecule has 34 heavy (non-hydrogen) atoms. The first-order chi connectivity index (χ1) is 16.0. The number of carbonyl (C=O) groups is 3. The molecule has 3 N–H and O–H groups in total. The van der Waals surface area contributed by atoms with Gasteiger partial charge in [-0.2, -0.15) is 0 Å². The third-order valence-corrected chi connectivity index (χ3v) is 7.44. The summed E-state index contributed by atoms with van der Waals surface area (Å²) in [4.78, 5) is 41.6. The Kier molecular flexibility index (Phi) is 5.89. The number of anilines is 1. The molecule has 1 atom stereocenters. The molecule has 1 aliphatic carbocycles. The molecule has 2 amide bonds. The fraction of sp³-hybridized carbons (Fsp3) is 0.333. The highest BCUT2D eigenvalue weighted by atomic mass is 16.4. The number of benzene rings is 2. The zero-order valence-electron chi connectivity index (χ0n) is 19.8. The highest BCUT2D eigenvalue weighted by Crippen LogP contribution is 2.68. The molecule has 1 aromatic heterocycles. The molecule has 0 saturated heterocycles. The van der Waals surface area contributed by atoms with Crippen molar-refractivity contribution in [2.24, 2.45) is 16.7 Å². The molecule has 0 unspecified atom stereocenters. The Bertz CT molecular complexity index is 1250. The first kappa shape index (κ1) is 23.4. The van der Waals surface area contributed by atoms with Gasteiger partial charge in [0, 0.05) is 29.6 Å². The van der Waals surface area contributed by atoms with Crippen molar-refractivity contribution in [1.82, 2.24) is 10.3 Å². The highest BCUT2D eigenvalue weighted by molar-refractivity contribution is 6.12. The molecule has 1 fully saturated rings. The number of carboxylic acids is 1. The van der Waals surface area contributed by atoms with Crippen LogP contribution in [0.4, 0.5) is 5.69 Å². The molecule has 0 bridgehead atoms. The van der Waals surface area contributed by atoms with Gasteiger partial charge in [0.05, 0.1) is 11.1 Å². The quantitative estimate of drug-likeness (QED) is 0.489. The molecule has 0 radical (unpaired) electrons. The molecule has 3 aromatic rings.